The highest BCUT2D eigenvalue weighted by atomic mass is 16.3. The van der Waals surface area contributed by atoms with Gasteiger partial charge in [-0.15, -0.1) is 0 Å². The first-order chi connectivity index (χ1) is 5.74. The number of aliphatic hydroxyl groups is 1. The molecular weight excluding hydrogens is 152 g/mol. The molecule has 12 heavy (non-hydrogen) atoms. The third kappa shape index (κ3) is 2.34. The van der Waals surface area contributed by atoms with E-state index in [1.807, 2.05) is 10.8 Å². The highest BCUT2D eigenvalue weighted by molar-refractivity contribution is 4.76. The summed E-state index contributed by atoms with van der Waals surface area (Å²) in [6.45, 7) is 4.79. The van der Waals surface area contributed by atoms with Crippen molar-refractivity contribution in [2.24, 2.45) is 5.92 Å². The standard InChI is InChI=1S/C9H16N2O/c1-3-8(2)9(12)6-11-5-4-10-7-11/h4-5,7-9,12H,3,6H2,1-2H3. The summed E-state index contributed by atoms with van der Waals surface area (Å²) in [5.74, 6) is 0.354. The molecule has 0 fully saturated rings. The number of nitrogens with zero attached hydrogens (tertiary/aromatic N) is 2. The number of hydrogen-bond donors (Lipinski definition) is 1. The van der Waals surface area contributed by atoms with Gasteiger partial charge in [0.15, 0.2) is 0 Å². The zero-order chi connectivity index (χ0) is 8.97. The van der Waals surface area contributed by atoms with Crippen molar-refractivity contribution >= 4 is 0 Å². The summed E-state index contributed by atoms with van der Waals surface area (Å²) >= 11 is 0. The molecule has 0 aliphatic carbocycles. The Morgan fingerprint density at radius 3 is 2.83 bits per heavy atom. The average molecular weight is 168 g/mol. The minimum Gasteiger partial charge on any atom is -0.391 e. The number of rotatable bonds is 4. The van der Waals surface area contributed by atoms with E-state index in [0.717, 1.165) is 6.42 Å². The van der Waals surface area contributed by atoms with Crippen molar-refractivity contribution in [3.63, 3.8) is 0 Å². The number of aromatic nitrogens is 2. The van der Waals surface area contributed by atoms with Crippen LogP contribution < -0.4 is 0 Å². The van der Waals surface area contributed by atoms with Crippen LogP contribution in [0, 0.1) is 5.92 Å². The van der Waals surface area contributed by atoms with Crippen LogP contribution in [0.15, 0.2) is 18.7 Å². The van der Waals surface area contributed by atoms with E-state index in [2.05, 4.69) is 18.8 Å². The third-order valence-electron chi connectivity index (χ3n) is 2.26. The first kappa shape index (κ1) is 9.26. The Balaban J connectivity index is 2.41. The lowest BCUT2D eigenvalue weighted by molar-refractivity contribution is 0.0966. The molecule has 0 radical (unpaired) electrons. The monoisotopic (exact) mass is 168 g/mol. The lowest BCUT2D eigenvalue weighted by atomic mass is 10.0. The lowest BCUT2D eigenvalue weighted by Gasteiger charge is -2.16. The third-order valence-corrected chi connectivity index (χ3v) is 2.26. The SMILES string of the molecule is CCC(C)C(O)Cn1ccnc1. The molecule has 1 aromatic rings. The molecule has 2 atom stereocenters. The normalized spacial score (nSPS) is 15.9. The molecular formula is C9H16N2O. The van der Waals surface area contributed by atoms with Crippen molar-refractivity contribution in [3.8, 4) is 0 Å². The van der Waals surface area contributed by atoms with Crippen molar-refractivity contribution in [3.05, 3.63) is 18.7 Å². The van der Waals surface area contributed by atoms with Crippen molar-refractivity contribution < 1.29 is 5.11 Å². The van der Waals surface area contributed by atoms with Gasteiger partial charge in [0.25, 0.3) is 0 Å². The molecule has 0 amide bonds. The molecule has 0 saturated heterocycles. The van der Waals surface area contributed by atoms with Crippen LogP contribution in [0.3, 0.4) is 0 Å². The molecule has 1 aromatic heterocycles. The Morgan fingerprint density at radius 1 is 1.58 bits per heavy atom. The van der Waals surface area contributed by atoms with E-state index in [1.54, 1.807) is 12.5 Å². The smallest absolute Gasteiger partial charge is 0.0946 e. The van der Waals surface area contributed by atoms with Gasteiger partial charge in [0, 0.05) is 18.9 Å². The molecule has 0 bridgehead atoms. The molecule has 3 heteroatoms. The van der Waals surface area contributed by atoms with Gasteiger partial charge >= 0.3 is 0 Å². The second kappa shape index (κ2) is 4.26. The predicted molar refractivity (Wildman–Crippen MR) is 47.7 cm³/mol. The Morgan fingerprint density at radius 2 is 2.33 bits per heavy atom. The summed E-state index contributed by atoms with van der Waals surface area (Å²) in [5, 5.41) is 9.64. The fourth-order valence-electron chi connectivity index (χ4n) is 1.06. The number of imidazole rings is 1. The second-order valence-electron chi connectivity index (χ2n) is 3.21. The molecule has 1 rings (SSSR count). The van der Waals surface area contributed by atoms with Crippen molar-refractivity contribution in [2.75, 3.05) is 0 Å². The van der Waals surface area contributed by atoms with E-state index in [9.17, 15) is 5.11 Å². The fourth-order valence-corrected chi connectivity index (χ4v) is 1.06. The summed E-state index contributed by atoms with van der Waals surface area (Å²) in [5.41, 5.74) is 0. The Labute approximate surface area is 73.1 Å². The molecule has 3 nitrogen and oxygen atoms in total. The average Bonchev–Trinajstić information content (AvgIpc) is 2.55. The zero-order valence-corrected chi connectivity index (χ0v) is 7.64. The Kier molecular flexibility index (Phi) is 3.29. The summed E-state index contributed by atoms with van der Waals surface area (Å²) in [6, 6.07) is 0. The molecule has 68 valence electrons. The van der Waals surface area contributed by atoms with E-state index in [1.165, 1.54) is 0 Å². The van der Waals surface area contributed by atoms with Gasteiger partial charge in [-0.2, -0.15) is 0 Å². The molecule has 0 aromatic carbocycles. The van der Waals surface area contributed by atoms with Gasteiger partial charge in [0.05, 0.1) is 12.4 Å². The fraction of sp³-hybridized carbons (Fsp3) is 0.667. The van der Waals surface area contributed by atoms with E-state index in [4.69, 9.17) is 0 Å². The number of hydrogen-bond acceptors (Lipinski definition) is 2. The van der Waals surface area contributed by atoms with Gasteiger partial charge in [-0.1, -0.05) is 20.3 Å². The van der Waals surface area contributed by atoms with E-state index in [0.29, 0.717) is 12.5 Å². The second-order valence-corrected chi connectivity index (χ2v) is 3.21. The quantitative estimate of drug-likeness (QED) is 0.735. The van der Waals surface area contributed by atoms with Crippen LogP contribution in [0.5, 0.6) is 0 Å². The largest absolute Gasteiger partial charge is 0.391 e. The van der Waals surface area contributed by atoms with Crippen LogP contribution in [0.1, 0.15) is 20.3 Å². The van der Waals surface area contributed by atoms with Crippen LogP contribution in [0.4, 0.5) is 0 Å². The van der Waals surface area contributed by atoms with Crippen LogP contribution in [0.25, 0.3) is 0 Å². The lowest BCUT2D eigenvalue weighted by Crippen LogP contribution is -2.22. The minimum atomic E-state index is -0.260. The molecule has 1 heterocycles. The highest BCUT2D eigenvalue weighted by Gasteiger charge is 2.11. The summed E-state index contributed by atoms with van der Waals surface area (Å²) < 4.78 is 1.90. The highest BCUT2D eigenvalue weighted by Crippen LogP contribution is 2.08. The van der Waals surface area contributed by atoms with E-state index < -0.39 is 0 Å². The maximum Gasteiger partial charge on any atom is 0.0946 e. The Hall–Kier alpha value is -0.830. The topological polar surface area (TPSA) is 38.0 Å². The van der Waals surface area contributed by atoms with Crippen molar-refractivity contribution in [1.82, 2.24) is 9.55 Å². The molecule has 2 unspecified atom stereocenters. The van der Waals surface area contributed by atoms with Crippen LogP contribution in [0.2, 0.25) is 0 Å². The van der Waals surface area contributed by atoms with Crippen LogP contribution >= 0.6 is 0 Å². The molecule has 0 aliphatic heterocycles. The number of aliphatic hydroxyl groups excluding tert-OH is 1. The van der Waals surface area contributed by atoms with Gasteiger partial charge in [0.2, 0.25) is 0 Å². The van der Waals surface area contributed by atoms with Gasteiger partial charge in [-0.25, -0.2) is 4.98 Å². The first-order valence-electron chi connectivity index (χ1n) is 4.37. The summed E-state index contributed by atoms with van der Waals surface area (Å²) in [4.78, 5) is 3.91. The summed E-state index contributed by atoms with van der Waals surface area (Å²) in [6.07, 6.45) is 6.07. The maximum atomic E-state index is 9.64. The zero-order valence-electron chi connectivity index (χ0n) is 7.64. The maximum absolute atomic E-state index is 9.64. The van der Waals surface area contributed by atoms with Crippen molar-refractivity contribution in [2.45, 2.75) is 32.9 Å². The molecule has 0 aliphatic rings. The van der Waals surface area contributed by atoms with Crippen molar-refractivity contribution in [1.29, 1.82) is 0 Å². The van der Waals surface area contributed by atoms with Gasteiger partial charge in [-0.3, -0.25) is 0 Å². The first-order valence-corrected chi connectivity index (χ1v) is 4.37. The molecule has 1 N–H and O–H groups in total. The van der Waals surface area contributed by atoms with E-state index in [-0.39, 0.29) is 6.10 Å². The van der Waals surface area contributed by atoms with Gasteiger partial charge < -0.3 is 9.67 Å². The van der Waals surface area contributed by atoms with Gasteiger partial charge in [0.1, 0.15) is 0 Å². The van der Waals surface area contributed by atoms with Crippen LogP contribution in [-0.2, 0) is 6.54 Å². The molecule has 0 spiro atoms. The predicted octanol–water partition coefficient (Wildman–Crippen LogP) is 1.29. The van der Waals surface area contributed by atoms with Crippen LogP contribution in [-0.4, -0.2) is 20.8 Å². The minimum absolute atomic E-state index is 0.260. The van der Waals surface area contributed by atoms with E-state index >= 15 is 0 Å². The molecule has 0 saturated carbocycles. The summed E-state index contributed by atoms with van der Waals surface area (Å²) in [7, 11) is 0. The Bertz CT molecular complexity index is 208. The van der Waals surface area contributed by atoms with Gasteiger partial charge in [-0.05, 0) is 5.92 Å².